The zero-order valence-corrected chi connectivity index (χ0v) is 13.1. The monoisotopic (exact) mass is 275 g/mol. The van der Waals surface area contributed by atoms with Crippen molar-refractivity contribution >= 4 is 26.5 Å². The molecule has 0 fully saturated rings. The maximum atomic E-state index is 3.20. The molecule has 1 atom stereocenters. The minimum absolute atomic E-state index is 0.705. The Kier molecular flexibility index (Phi) is 4.55. The molecule has 1 unspecified atom stereocenters. The standard InChI is InChI=1S/C16H21P2/c1-14(2)13-18(17,15-9-5-3-6-10-15)16-11-7-4-8-12-16/h3-12,14H,13,17H2,1-2H3/q+1. The van der Waals surface area contributed by atoms with Gasteiger partial charge in [0.05, 0.1) is 13.1 Å². The van der Waals surface area contributed by atoms with E-state index in [1.807, 2.05) is 0 Å². The molecule has 0 spiro atoms. The van der Waals surface area contributed by atoms with Gasteiger partial charge in [0.1, 0.15) is 10.6 Å². The summed E-state index contributed by atoms with van der Waals surface area (Å²) < 4.78 is 0. The topological polar surface area (TPSA) is 0 Å². The van der Waals surface area contributed by atoms with E-state index in [-0.39, 0.29) is 0 Å². The summed E-state index contributed by atoms with van der Waals surface area (Å²) in [5.41, 5.74) is 0. The van der Waals surface area contributed by atoms with Crippen molar-refractivity contribution in [2.45, 2.75) is 13.8 Å². The van der Waals surface area contributed by atoms with Crippen LogP contribution in [0.2, 0.25) is 0 Å². The largest absolute Gasteiger partial charge is 0.101 e. The first-order chi connectivity index (χ1) is 8.63. The van der Waals surface area contributed by atoms with Crippen molar-refractivity contribution in [3.63, 3.8) is 0 Å². The lowest BCUT2D eigenvalue weighted by molar-refractivity contribution is 0.746. The number of benzene rings is 2. The third-order valence-electron chi connectivity index (χ3n) is 3.09. The SMILES string of the molecule is CC(C)C[P+](P)(c1ccccc1)c1ccccc1. The molecular formula is C16H21P2+. The molecule has 0 heterocycles. The number of rotatable bonds is 4. The van der Waals surface area contributed by atoms with Crippen LogP contribution < -0.4 is 10.6 Å². The van der Waals surface area contributed by atoms with E-state index in [4.69, 9.17) is 0 Å². The molecule has 2 rings (SSSR count). The van der Waals surface area contributed by atoms with Crippen LogP contribution >= 0.6 is 15.9 Å². The fourth-order valence-electron chi connectivity index (χ4n) is 2.32. The zero-order valence-electron chi connectivity index (χ0n) is 11.1. The van der Waals surface area contributed by atoms with Gasteiger partial charge in [0, 0.05) is 8.93 Å². The molecule has 0 aliphatic rings. The first-order valence-electron chi connectivity index (χ1n) is 6.41. The minimum Gasteiger partial charge on any atom is -0.0620 e. The van der Waals surface area contributed by atoms with E-state index in [2.05, 4.69) is 83.4 Å². The van der Waals surface area contributed by atoms with Gasteiger partial charge in [-0.3, -0.25) is 0 Å². The molecule has 0 amide bonds. The Morgan fingerprint density at radius 2 is 1.22 bits per heavy atom. The lowest BCUT2D eigenvalue weighted by Crippen LogP contribution is -2.22. The van der Waals surface area contributed by atoms with Gasteiger partial charge in [-0.1, -0.05) is 50.2 Å². The van der Waals surface area contributed by atoms with E-state index in [1.54, 1.807) is 0 Å². The number of hydrogen-bond donors (Lipinski definition) is 0. The van der Waals surface area contributed by atoms with Gasteiger partial charge < -0.3 is 0 Å². The van der Waals surface area contributed by atoms with E-state index >= 15 is 0 Å². The fraction of sp³-hybridized carbons (Fsp3) is 0.250. The van der Waals surface area contributed by atoms with Crippen molar-refractivity contribution in [3.05, 3.63) is 60.7 Å². The van der Waals surface area contributed by atoms with Crippen molar-refractivity contribution < 1.29 is 0 Å². The van der Waals surface area contributed by atoms with Crippen molar-refractivity contribution in [1.82, 2.24) is 0 Å². The predicted octanol–water partition coefficient (Wildman–Crippen LogP) is 4.10. The first kappa shape index (κ1) is 13.7. The summed E-state index contributed by atoms with van der Waals surface area (Å²) in [4.78, 5) is 0. The third kappa shape index (κ3) is 3.00. The Balaban J connectivity index is 2.48. The predicted molar refractivity (Wildman–Crippen MR) is 88.5 cm³/mol. The van der Waals surface area contributed by atoms with E-state index in [9.17, 15) is 0 Å². The Bertz CT molecular complexity index is 437. The van der Waals surface area contributed by atoms with Crippen LogP contribution in [0.15, 0.2) is 60.7 Å². The van der Waals surface area contributed by atoms with Gasteiger partial charge in [0.15, 0.2) is 0 Å². The molecule has 0 radical (unpaired) electrons. The highest BCUT2D eigenvalue weighted by Crippen LogP contribution is 2.65. The molecule has 0 N–H and O–H groups in total. The van der Waals surface area contributed by atoms with Crippen LogP contribution in [0, 0.1) is 5.92 Å². The van der Waals surface area contributed by atoms with Crippen molar-refractivity contribution in [2.24, 2.45) is 5.92 Å². The molecule has 2 aromatic carbocycles. The van der Waals surface area contributed by atoms with Crippen LogP contribution in [0.1, 0.15) is 13.8 Å². The second kappa shape index (κ2) is 5.96. The molecule has 0 aliphatic carbocycles. The highest BCUT2D eigenvalue weighted by atomic mass is 32.1. The molecule has 0 bridgehead atoms. The van der Waals surface area contributed by atoms with E-state index in [0.29, 0.717) is 5.92 Å². The molecule has 18 heavy (non-hydrogen) atoms. The van der Waals surface area contributed by atoms with Crippen LogP contribution in [0.4, 0.5) is 0 Å². The van der Waals surface area contributed by atoms with Crippen LogP contribution in [0.3, 0.4) is 0 Å². The summed E-state index contributed by atoms with van der Waals surface area (Å²) in [6.07, 6.45) is 1.24. The van der Waals surface area contributed by atoms with Crippen LogP contribution in [-0.4, -0.2) is 6.16 Å². The third-order valence-corrected chi connectivity index (χ3v) is 9.25. The van der Waals surface area contributed by atoms with E-state index in [0.717, 1.165) is 0 Å². The van der Waals surface area contributed by atoms with Crippen molar-refractivity contribution in [3.8, 4) is 0 Å². The summed E-state index contributed by atoms with van der Waals surface area (Å²) in [5.74, 6) is 0.705. The smallest absolute Gasteiger partial charge is 0.0620 e. The fourth-order valence-corrected chi connectivity index (χ4v) is 7.90. The van der Waals surface area contributed by atoms with Gasteiger partial charge in [-0.15, -0.1) is 0 Å². The maximum absolute atomic E-state index is 3.20. The molecule has 2 heteroatoms. The Morgan fingerprint density at radius 1 is 0.833 bits per heavy atom. The summed E-state index contributed by atoms with van der Waals surface area (Å²) in [6, 6.07) is 21.9. The average molecular weight is 275 g/mol. The lowest BCUT2D eigenvalue weighted by Gasteiger charge is -2.24. The van der Waals surface area contributed by atoms with Gasteiger partial charge in [0.25, 0.3) is 0 Å². The zero-order chi connectivity index (χ0) is 13.0. The van der Waals surface area contributed by atoms with Gasteiger partial charge in [-0.05, 0) is 30.2 Å². The van der Waals surface area contributed by atoms with Crippen molar-refractivity contribution in [2.75, 3.05) is 6.16 Å². The normalized spacial score (nSPS) is 11.8. The highest BCUT2D eigenvalue weighted by molar-refractivity contribution is 8.32. The molecule has 0 aliphatic heterocycles. The first-order valence-corrected chi connectivity index (χ1v) is 10.00. The summed E-state index contributed by atoms with van der Waals surface area (Å²) >= 11 is 0. The average Bonchev–Trinajstić information content (AvgIpc) is 2.40. The van der Waals surface area contributed by atoms with E-state index in [1.165, 1.54) is 16.8 Å². The Morgan fingerprint density at radius 3 is 1.56 bits per heavy atom. The Hall–Kier alpha value is -0.700. The number of hydrogen-bond acceptors (Lipinski definition) is 0. The molecule has 0 saturated carbocycles. The molecule has 0 nitrogen and oxygen atoms in total. The van der Waals surface area contributed by atoms with Gasteiger partial charge in [-0.2, -0.15) is 0 Å². The second-order valence-electron chi connectivity index (χ2n) is 5.12. The maximum Gasteiger partial charge on any atom is 0.101 e. The van der Waals surface area contributed by atoms with Gasteiger partial charge in [0.2, 0.25) is 0 Å². The van der Waals surface area contributed by atoms with E-state index < -0.39 is 6.95 Å². The molecule has 2 aromatic rings. The molecular weight excluding hydrogens is 254 g/mol. The molecule has 94 valence electrons. The quantitative estimate of drug-likeness (QED) is 0.737. The van der Waals surface area contributed by atoms with Crippen LogP contribution in [0.25, 0.3) is 0 Å². The summed E-state index contributed by atoms with van der Waals surface area (Å²) in [7, 11) is 3.20. The van der Waals surface area contributed by atoms with Gasteiger partial charge >= 0.3 is 0 Å². The summed E-state index contributed by atoms with van der Waals surface area (Å²) in [6.45, 7) is 3.31. The van der Waals surface area contributed by atoms with Gasteiger partial charge in [-0.25, -0.2) is 0 Å². The Labute approximate surface area is 113 Å². The second-order valence-corrected chi connectivity index (χ2v) is 10.9. The van der Waals surface area contributed by atoms with Crippen LogP contribution in [-0.2, 0) is 0 Å². The van der Waals surface area contributed by atoms with Crippen molar-refractivity contribution in [1.29, 1.82) is 0 Å². The summed E-state index contributed by atoms with van der Waals surface area (Å²) in [5, 5.41) is 2.96. The minimum atomic E-state index is -1.31. The lowest BCUT2D eigenvalue weighted by atomic mass is 10.3. The van der Waals surface area contributed by atoms with Crippen LogP contribution in [0.5, 0.6) is 0 Å². The molecule has 0 saturated heterocycles. The highest BCUT2D eigenvalue weighted by Gasteiger charge is 2.38. The molecule has 0 aromatic heterocycles.